The summed E-state index contributed by atoms with van der Waals surface area (Å²) in [6.45, 7) is 7.23. The zero-order valence-electron chi connectivity index (χ0n) is 11.9. The Balaban J connectivity index is 2.37. The van der Waals surface area contributed by atoms with Crippen LogP contribution in [0, 0.1) is 12.8 Å². The molecule has 112 valence electrons. The number of aromatic carboxylic acids is 1. The number of carbonyl (C=O) groups is 2. The van der Waals surface area contributed by atoms with Crippen LogP contribution in [0.1, 0.15) is 30.0 Å². The lowest BCUT2D eigenvalue weighted by Gasteiger charge is -2.09. The Morgan fingerprint density at radius 1 is 1.45 bits per heavy atom. The van der Waals surface area contributed by atoms with E-state index in [0.29, 0.717) is 31.4 Å². The molecule has 20 heavy (non-hydrogen) atoms. The van der Waals surface area contributed by atoms with E-state index >= 15 is 0 Å². The molecule has 0 saturated heterocycles. The van der Waals surface area contributed by atoms with Crippen LogP contribution < -0.4 is 10.6 Å². The van der Waals surface area contributed by atoms with Crippen molar-refractivity contribution in [2.75, 3.05) is 25.1 Å². The van der Waals surface area contributed by atoms with E-state index in [1.165, 1.54) is 0 Å². The number of hydrogen-bond acceptors (Lipinski definition) is 3. The third-order valence-corrected chi connectivity index (χ3v) is 2.40. The van der Waals surface area contributed by atoms with Gasteiger partial charge in [-0.3, -0.25) is 0 Å². The molecule has 4 N–H and O–H groups in total. The van der Waals surface area contributed by atoms with Crippen LogP contribution in [0.25, 0.3) is 0 Å². The molecule has 1 aromatic rings. The maximum atomic E-state index is 11.6. The highest BCUT2D eigenvalue weighted by atomic mass is 16.5. The van der Waals surface area contributed by atoms with E-state index in [0.717, 1.165) is 0 Å². The number of carboxylic acids is 1. The van der Waals surface area contributed by atoms with Crippen LogP contribution in [0.15, 0.2) is 6.07 Å². The molecule has 0 atom stereocenters. The third-order valence-electron chi connectivity index (χ3n) is 2.40. The van der Waals surface area contributed by atoms with E-state index in [1.807, 2.05) is 13.8 Å². The topological polar surface area (TPSA) is 103 Å². The molecule has 0 spiro atoms. The predicted molar refractivity (Wildman–Crippen MR) is 75.2 cm³/mol. The van der Waals surface area contributed by atoms with E-state index in [1.54, 1.807) is 13.0 Å². The van der Waals surface area contributed by atoms with Crippen LogP contribution in [0.3, 0.4) is 0 Å². The lowest BCUT2D eigenvalue weighted by molar-refractivity contribution is 0.0692. The highest BCUT2D eigenvalue weighted by Gasteiger charge is 2.14. The number of amides is 2. The normalized spacial score (nSPS) is 10.6. The van der Waals surface area contributed by atoms with Crippen molar-refractivity contribution in [2.45, 2.75) is 20.8 Å². The van der Waals surface area contributed by atoms with Crippen molar-refractivity contribution in [3.63, 3.8) is 0 Å². The summed E-state index contributed by atoms with van der Waals surface area (Å²) in [5, 5.41) is 14.1. The summed E-state index contributed by atoms with van der Waals surface area (Å²) < 4.78 is 5.32. The third kappa shape index (κ3) is 5.31. The molecule has 0 saturated carbocycles. The van der Waals surface area contributed by atoms with Gasteiger partial charge in [0.15, 0.2) is 0 Å². The van der Waals surface area contributed by atoms with Crippen molar-refractivity contribution >= 4 is 17.7 Å². The number of urea groups is 1. The fourth-order valence-electron chi connectivity index (χ4n) is 1.58. The first-order valence-electron chi connectivity index (χ1n) is 6.45. The maximum absolute atomic E-state index is 11.6. The number of nitrogens with one attached hydrogen (secondary N) is 3. The molecule has 0 aromatic carbocycles. The van der Waals surface area contributed by atoms with Gasteiger partial charge in [-0.2, -0.15) is 0 Å². The molecule has 0 unspecified atom stereocenters. The SMILES string of the molecule is Cc1cc(NC(=O)NCCOCC(C)C)c(C(=O)O)[nH]1. The number of aromatic nitrogens is 1. The van der Waals surface area contributed by atoms with E-state index < -0.39 is 12.0 Å². The van der Waals surface area contributed by atoms with Crippen LogP contribution in [0.5, 0.6) is 0 Å². The van der Waals surface area contributed by atoms with Gasteiger partial charge in [-0.1, -0.05) is 13.8 Å². The minimum Gasteiger partial charge on any atom is -0.477 e. The molecule has 0 radical (unpaired) electrons. The molecule has 0 aliphatic carbocycles. The van der Waals surface area contributed by atoms with Gasteiger partial charge in [-0.15, -0.1) is 0 Å². The van der Waals surface area contributed by atoms with Gasteiger partial charge in [0.25, 0.3) is 0 Å². The number of rotatable bonds is 7. The highest BCUT2D eigenvalue weighted by Crippen LogP contribution is 2.16. The Labute approximate surface area is 117 Å². The van der Waals surface area contributed by atoms with Crippen molar-refractivity contribution in [1.29, 1.82) is 0 Å². The van der Waals surface area contributed by atoms with Gasteiger partial charge in [0.1, 0.15) is 5.69 Å². The Hall–Kier alpha value is -2.02. The number of carbonyl (C=O) groups excluding carboxylic acids is 1. The number of hydrogen-bond donors (Lipinski definition) is 4. The monoisotopic (exact) mass is 283 g/mol. The summed E-state index contributed by atoms with van der Waals surface area (Å²) in [6, 6.07) is 1.11. The second-order valence-electron chi connectivity index (χ2n) is 4.90. The Morgan fingerprint density at radius 3 is 2.75 bits per heavy atom. The first-order chi connectivity index (χ1) is 9.40. The van der Waals surface area contributed by atoms with Gasteiger partial charge < -0.3 is 25.5 Å². The van der Waals surface area contributed by atoms with Crippen LogP contribution in [0.2, 0.25) is 0 Å². The average molecular weight is 283 g/mol. The van der Waals surface area contributed by atoms with Gasteiger partial charge in [0, 0.05) is 18.8 Å². The highest BCUT2D eigenvalue weighted by molar-refractivity contribution is 5.99. The molecule has 0 bridgehead atoms. The van der Waals surface area contributed by atoms with Crippen LogP contribution >= 0.6 is 0 Å². The van der Waals surface area contributed by atoms with Crippen molar-refractivity contribution < 1.29 is 19.4 Å². The zero-order chi connectivity index (χ0) is 15.1. The van der Waals surface area contributed by atoms with Crippen LogP contribution in [-0.2, 0) is 4.74 Å². The summed E-state index contributed by atoms with van der Waals surface area (Å²) in [4.78, 5) is 25.2. The zero-order valence-corrected chi connectivity index (χ0v) is 11.9. The standard InChI is InChI=1S/C13H21N3O4/c1-8(2)7-20-5-4-14-13(19)16-10-6-9(3)15-11(10)12(17)18/h6,8,15H,4-5,7H2,1-3H3,(H,17,18)(H2,14,16,19). The van der Waals surface area contributed by atoms with Crippen LogP contribution in [-0.4, -0.2) is 41.8 Å². The van der Waals surface area contributed by atoms with E-state index in [-0.39, 0.29) is 11.4 Å². The molecular formula is C13H21N3O4. The van der Waals surface area contributed by atoms with Crippen molar-refractivity contribution in [3.05, 3.63) is 17.5 Å². The van der Waals surface area contributed by atoms with Gasteiger partial charge in [0.2, 0.25) is 0 Å². The molecule has 1 rings (SSSR count). The summed E-state index contributed by atoms with van der Waals surface area (Å²) in [5.74, 6) is -0.668. The summed E-state index contributed by atoms with van der Waals surface area (Å²) >= 11 is 0. The van der Waals surface area contributed by atoms with Crippen molar-refractivity contribution in [2.24, 2.45) is 5.92 Å². The Morgan fingerprint density at radius 2 is 2.15 bits per heavy atom. The summed E-state index contributed by atoms with van der Waals surface area (Å²) in [6.07, 6.45) is 0. The second-order valence-corrected chi connectivity index (χ2v) is 4.90. The fraction of sp³-hybridized carbons (Fsp3) is 0.538. The lowest BCUT2D eigenvalue weighted by atomic mass is 10.2. The summed E-state index contributed by atoms with van der Waals surface area (Å²) in [5.41, 5.74) is 0.877. The number of anilines is 1. The smallest absolute Gasteiger partial charge is 0.354 e. The Bertz CT molecular complexity index is 468. The Kier molecular flexibility index (Phi) is 6.05. The van der Waals surface area contributed by atoms with E-state index in [4.69, 9.17) is 9.84 Å². The largest absolute Gasteiger partial charge is 0.477 e. The van der Waals surface area contributed by atoms with Gasteiger partial charge >= 0.3 is 12.0 Å². The number of carboxylic acid groups (broad SMARTS) is 1. The van der Waals surface area contributed by atoms with Crippen LogP contribution in [0.4, 0.5) is 10.5 Å². The molecule has 2 amide bonds. The first kappa shape index (κ1) is 16.0. The minimum atomic E-state index is -1.12. The van der Waals surface area contributed by atoms with Gasteiger partial charge in [-0.05, 0) is 18.9 Å². The lowest BCUT2D eigenvalue weighted by Crippen LogP contribution is -2.32. The molecule has 1 aromatic heterocycles. The molecule has 0 fully saturated rings. The molecule has 1 heterocycles. The number of aryl methyl sites for hydroxylation is 1. The second kappa shape index (κ2) is 7.54. The molecule has 0 aliphatic rings. The van der Waals surface area contributed by atoms with Crippen molar-refractivity contribution in [1.82, 2.24) is 10.3 Å². The minimum absolute atomic E-state index is 0.0336. The average Bonchev–Trinajstić information content (AvgIpc) is 2.69. The summed E-state index contributed by atoms with van der Waals surface area (Å²) in [7, 11) is 0. The fourth-order valence-corrected chi connectivity index (χ4v) is 1.58. The van der Waals surface area contributed by atoms with E-state index in [9.17, 15) is 9.59 Å². The molecule has 7 nitrogen and oxygen atoms in total. The predicted octanol–water partition coefficient (Wildman–Crippen LogP) is 1.82. The maximum Gasteiger partial charge on any atom is 0.354 e. The molecular weight excluding hydrogens is 262 g/mol. The molecule has 0 aliphatic heterocycles. The number of H-pyrrole nitrogens is 1. The van der Waals surface area contributed by atoms with E-state index in [2.05, 4.69) is 15.6 Å². The number of ether oxygens (including phenoxy) is 1. The molecule has 7 heteroatoms. The van der Waals surface area contributed by atoms with Crippen molar-refractivity contribution in [3.8, 4) is 0 Å². The first-order valence-corrected chi connectivity index (χ1v) is 6.45. The van der Waals surface area contributed by atoms with Gasteiger partial charge in [0.05, 0.1) is 12.3 Å². The van der Waals surface area contributed by atoms with Gasteiger partial charge in [-0.25, -0.2) is 9.59 Å². The number of aromatic amines is 1. The quantitative estimate of drug-likeness (QED) is 0.573.